The molecule has 0 N–H and O–H groups in total. The monoisotopic (exact) mass is 316 g/mol. The van der Waals surface area contributed by atoms with Crippen molar-refractivity contribution in [3.05, 3.63) is 0 Å². The molecule has 5 fully saturated rings. The zero-order valence-electron chi connectivity index (χ0n) is 15.2. The molecule has 1 spiro atoms. The lowest BCUT2D eigenvalue weighted by atomic mass is 9.50. The summed E-state index contributed by atoms with van der Waals surface area (Å²) < 4.78 is 5.48. The molecule has 0 amide bonds. The fourth-order valence-corrected chi connectivity index (χ4v) is 9.04. The van der Waals surface area contributed by atoms with Gasteiger partial charge in [0, 0.05) is 5.41 Å². The van der Waals surface area contributed by atoms with Gasteiger partial charge in [-0.3, -0.25) is 4.79 Å². The van der Waals surface area contributed by atoms with Crippen molar-refractivity contribution in [1.82, 2.24) is 0 Å². The second kappa shape index (κ2) is 4.35. The van der Waals surface area contributed by atoms with Crippen LogP contribution in [0.25, 0.3) is 0 Å². The highest BCUT2D eigenvalue weighted by Crippen LogP contribution is 2.78. The molecular weight excluding hydrogens is 284 g/mol. The second-order valence-electron chi connectivity index (χ2n) is 10.4. The minimum absolute atomic E-state index is 0.0799. The number of cyclic esters (lactones) is 1. The van der Waals surface area contributed by atoms with Crippen LogP contribution in [0.3, 0.4) is 0 Å². The summed E-state index contributed by atoms with van der Waals surface area (Å²) in [6.07, 6.45) is 6.41. The second-order valence-corrected chi connectivity index (χ2v) is 10.4. The van der Waals surface area contributed by atoms with E-state index >= 15 is 0 Å². The SMILES string of the molecule is CC(C)C1(C(C)C)CC2CC1C1C2C2CC1C1(COC(=O)C1)C2. The fraction of sp³-hybridized carbons (Fsp3) is 0.952. The number of hydrogen-bond acceptors (Lipinski definition) is 2. The van der Waals surface area contributed by atoms with E-state index in [0.29, 0.717) is 5.41 Å². The molecule has 0 aromatic rings. The Morgan fingerprint density at radius 1 is 0.957 bits per heavy atom. The maximum Gasteiger partial charge on any atom is 0.306 e. The van der Waals surface area contributed by atoms with Crippen LogP contribution in [0.15, 0.2) is 0 Å². The van der Waals surface area contributed by atoms with E-state index in [4.69, 9.17) is 4.74 Å². The summed E-state index contributed by atoms with van der Waals surface area (Å²) >= 11 is 0. The summed E-state index contributed by atoms with van der Waals surface area (Å²) in [7, 11) is 0. The van der Waals surface area contributed by atoms with Crippen molar-refractivity contribution in [3.8, 4) is 0 Å². The van der Waals surface area contributed by atoms with E-state index in [1.54, 1.807) is 0 Å². The molecule has 2 heteroatoms. The van der Waals surface area contributed by atoms with E-state index in [-0.39, 0.29) is 11.4 Å². The van der Waals surface area contributed by atoms with Crippen LogP contribution in [0, 0.1) is 58.2 Å². The first kappa shape index (κ1) is 14.8. The third-order valence-electron chi connectivity index (χ3n) is 9.50. The number of esters is 1. The number of carbonyl (C=O) groups is 1. The molecule has 7 atom stereocenters. The Bertz CT molecular complexity index is 542. The van der Waals surface area contributed by atoms with Gasteiger partial charge in [0.2, 0.25) is 0 Å². The summed E-state index contributed by atoms with van der Waals surface area (Å²) in [5.74, 6) is 7.16. The van der Waals surface area contributed by atoms with E-state index in [2.05, 4.69) is 27.7 Å². The molecule has 2 nitrogen and oxygen atoms in total. The van der Waals surface area contributed by atoms with Crippen LogP contribution in [-0.2, 0) is 9.53 Å². The van der Waals surface area contributed by atoms with Crippen molar-refractivity contribution in [2.45, 2.75) is 59.8 Å². The maximum atomic E-state index is 11.9. The summed E-state index contributed by atoms with van der Waals surface area (Å²) in [5.41, 5.74) is 0.800. The molecule has 0 radical (unpaired) electrons. The summed E-state index contributed by atoms with van der Waals surface area (Å²) in [6.45, 7) is 10.6. The Hall–Kier alpha value is -0.530. The highest BCUT2D eigenvalue weighted by atomic mass is 16.5. The molecule has 4 saturated carbocycles. The predicted octanol–water partition coefficient (Wildman–Crippen LogP) is 4.53. The lowest BCUT2D eigenvalue weighted by molar-refractivity contribution is -0.137. The van der Waals surface area contributed by atoms with Crippen molar-refractivity contribution < 1.29 is 9.53 Å². The van der Waals surface area contributed by atoms with Gasteiger partial charge in [0.1, 0.15) is 0 Å². The predicted molar refractivity (Wildman–Crippen MR) is 89.5 cm³/mol. The van der Waals surface area contributed by atoms with Gasteiger partial charge in [-0.1, -0.05) is 27.7 Å². The third-order valence-corrected chi connectivity index (χ3v) is 9.50. The molecular formula is C21H32O2. The van der Waals surface area contributed by atoms with Crippen molar-refractivity contribution in [3.63, 3.8) is 0 Å². The van der Waals surface area contributed by atoms with Gasteiger partial charge < -0.3 is 4.74 Å². The molecule has 4 bridgehead atoms. The van der Waals surface area contributed by atoms with Gasteiger partial charge in [-0.25, -0.2) is 0 Å². The molecule has 1 aliphatic heterocycles. The van der Waals surface area contributed by atoms with Crippen LogP contribution < -0.4 is 0 Å². The number of fused-ring (bicyclic) bond motifs is 10. The normalized spacial score (nSPS) is 52.2. The molecule has 23 heavy (non-hydrogen) atoms. The Morgan fingerprint density at radius 3 is 2.22 bits per heavy atom. The Morgan fingerprint density at radius 2 is 1.61 bits per heavy atom. The molecule has 5 rings (SSSR count). The smallest absolute Gasteiger partial charge is 0.306 e. The van der Waals surface area contributed by atoms with E-state index < -0.39 is 0 Å². The molecule has 0 aromatic carbocycles. The molecule has 0 aromatic heterocycles. The molecule has 1 heterocycles. The fourth-order valence-electron chi connectivity index (χ4n) is 9.04. The quantitative estimate of drug-likeness (QED) is 0.552. The minimum atomic E-state index is 0.0799. The minimum Gasteiger partial charge on any atom is -0.465 e. The van der Waals surface area contributed by atoms with Crippen molar-refractivity contribution in [2.24, 2.45) is 58.2 Å². The van der Waals surface area contributed by atoms with Crippen LogP contribution in [0.4, 0.5) is 0 Å². The Balaban J connectivity index is 1.53. The first-order chi connectivity index (χ1) is 10.9. The van der Waals surface area contributed by atoms with Crippen LogP contribution in [-0.4, -0.2) is 12.6 Å². The molecule has 5 aliphatic rings. The van der Waals surface area contributed by atoms with E-state index in [9.17, 15) is 4.79 Å². The van der Waals surface area contributed by atoms with Gasteiger partial charge in [0.15, 0.2) is 0 Å². The third kappa shape index (κ3) is 1.55. The molecule has 7 unspecified atom stereocenters. The van der Waals surface area contributed by atoms with Crippen LogP contribution in [0.2, 0.25) is 0 Å². The van der Waals surface area contributed by atoms with Crippen LogP contribution >= 0.6 is 0 Å². The first-order valence-electron chi connectivity index (χ1n) is 10.0. The highest BCUT2D eigenvalue weighted by Gasteiger charge is 2.73. The maximum absolute atomic E-state index is 11.9. The molecule has 128 valence electrons. The highest BCUT2D eigenvalue weighted by molar-refractivity contribution is 5.72. The van der Waals surface area contributed by atoms with Crippen molar-refractivity contribution in [1.29, 1.82) is 0 Å². The average Bonchev–Trinajstić information content (AvgIpc) is 3.23. The first-order valence-corrected chi connectivity index (χ1v) is 10.0. The van der Waals surface area contributed by atoms with Gasteiger partial charge in [0.25, 0.3) is 0 Å². The summed E-state index contributed by atoms with van der Waals surface area (Å²) in [6, 6.07) is 0. The number of rotatable bonds is 2. The Labute approximate surface area is 140 Å². The number of hydrogen-bond donors (Lipinski definition) is 0. The average molecular weight is 316 g/mol. The van der Waals surface area contributed by atoms with Gasteiger partial charge in [-0.2, -0.15) is 0 Å². The summed E-state index contributed by atoms with van der Waals surface area (Å²) in [4.78, 5) is 11.9. The molecule has 1 saturated heterocycles. The van der Waals surface area contributed by atoms with E-state index in [1.807, 2.05) is 0 Å². The van der Waals surface area contributed by atoms with Crippen LogP contribution in [0.1, 0.15) is 59.8 Å². The topological polar surface area (TPSA) is 26.3 Å². The van der Waals surface area contributed by atoms with E-state index in [1.165, 1.54) is 25.7 Å². The van der Waals surface area contributed by atoms with Crippen LogP contribution in [0.5, 0.6) is 0 Å². The van der Waals surface area contributed by atoms with Gasteiger partial charge >= 0.3 is 5.97 Å². The lowest BCUT2D eigenvalue weighted by Gasteiger charge is -2.54. The van der Waals surface area contributed by atoms with Gasteiger partial charge in [-0.05, 0) is 78.4 Å². The summed E-state index contributed by atoms with van der Waals surface area (Å²) in [5, 5.41) is 0. The number of ether oxygens (including phenoxy) is 1. The molecule has 4 aliphatic carbocycles. The lowest BCUT2D eigenvalue weighted by Crippen LogP contribution is -2.49. The van der Waals surface area contributed by atoms with Crippen molar-refractivity contribution >= 4 is 5.97 Å². The Kier molecular flexibility index (Phi) is 2.80. The largest absolute Gasteiger partial charge is 0.465 e. The standard InChI is InChI=1S/C21H32O2/c1-11(2)21(12(3)4)8-14-6-16(21)19-15-5-13(18(14)19)7-20(15)9-17(22)23-10-20/h11-16,18-19H,5-10H2,1-4H3. The van der Waals surface area contributed by atoms with Gasteiger partial charge in [-0.15, -0.1) is 0 Å². The van der Waals surface area contributed by atoms with Gasteiger partial charge in [0.05, 0.1) is 13.0 Å². The van der Waals surface area contributed by atoms with Crippen molar-refractivity contribution in [2.75, 3.05) is 6.61 Å². The van der Waals surface area contributed by atoms with E-state index in [0.717, 1.165) is 60.4 Å². The zero-order valence-corrected chi connectivity index (χ0v) is 15.2. The number of carbonyl (C=O) groups excluding carboxylic acids is 1. The zero-order chi connectivity index (χ0) is 16.1.